The second-order valence-electron chi connectivity index (χ2n) is 8.51. The van der Waals surface area contributed by atoms with E-state index in [9.17, 15) is 14.4 Å². The van der Waals surface area contributed by atoms with E-state index in [0.29, 0.717) is 36.5 Å². The number of nitrogens with zero attached hydrogens (tertiary/aromatic N) is 5. The molecule has 0 aliphatic carbocycles. The maximum atomic E-state index is 12.6. The number of aromatic amines is 1. The number of likely N-dealkylation sites (tertiary alicyclic amines) is 1. The van der Waals surface area contributed by atoms with Crippen LogP contribution in [0.4, 0.5) is 0 Å². The minimum Gasteiger partial charge on any atom is -0.464 e. The van der Waals surface area contributed by atoms with Gasteiger partial charge in [0, 0.05) is 38.4 Å². The van der Waals surface area contributed by atoms with Gasteiger partial charge in [-0.2, -0.15) is 0 Å². The Labute approximate surface area is 191 Å². The third-order valence-corrected chi connectivity index (χ3v) is 6.51. The fourth-order valence-corrected chi connectivity index (χ4v) is 4.75. The van der Waals surface area contributed by atoms with E-state index in [-0.39, 0.29) is 17.6 Å². The summed E-state index contributed by atoms with van der Waals surface area (Å²) < 4.78 is 10.4. The lowest BCUT2D eigenvalue weighted by Crippen LogP contribution is -2.35. The van der Waals surface area contributed by atoms with Crippen LogP contribution in [0.15, 0.2) is 27.9 Å². The van der Waals surface area contributed by atoms with Gasteiger partial charge in [-0.3, -0.25) is 19.2 Å². The average Bonchev–Trinajstić information content (AvgIpc) is 3.44. The van der Waals surface area contributed by atoms with Crippen molar-refractivity contribution in [1.29, 1.82) is 0 Å². The standard InChI is InChI=1S/C23H32N6O4/c1-4-6-11-29-20-19(21(30)25-23(29)32)27(5-2)18(24-20)15-26-13-9-16(10-14-26)28-12-7-8-17(28)22(31)33-3/h7-8,12,16H,4-6,9-11,13-15H2,1-3H3,(H,25,30,32). The Hall–Kier alpha value is -3.14. The van der Waals surface area contributed by atoms with Gasteiger partial charge in [-0.05, 0) is 38.3 Å². The molecule has 1 aliphatic heterocycles. The first-order valence-corrected chi connectivity index (χ1v) is 11.7. The van der Waals surface area contributed by atoms with Gasteiger partial charge < -0.3 is 13.9 Å². The highest BCUT2D eigenvalue weighted by Gasteiger charge is 2.26. The molecule has 0 radical (unpaired) electrons. The summed E-state index contributed by atoms with van der Waals surface area (Å²) in [5, 5.41) is 0. The second kappa shape index (κ2) is 9.78. The molecule has 0 amide bonds. The highest BCUT2D eigenvalue weighted by molar-refractivity contribution is 5.87. The predicted molar refractivity (Wildman–Crippen MR) is 125 cm³/mol. The highest BCUT2D eigenvalue weighted by atomic mass is 16.5. The third-order valence-electron chi connectivity index (χ3n) is 6.51. The molecule has 3 aromatic rings. The number of hydrogen-bond acceptors (Lipinski definition) is 6. The van der Waals surface area contributed by atoms with Crippen molar-refractivity contribution in [2.75, 3.05) is 20.2 Å². The van der Waals surface area contributed by atoms with Crippen LogP contribution in [0.25, 0.3) is 11.2 Å². The molecule has 10 heteroatoms. The van der Waals surface area contributed by atoms with Gasteiger partial charge in [0.2, 0.25) is 0 Å². The number of imidazole rings is 1. The Balaban J connectivity index is 1.55. The molecule has 3 aromatic heterocycles. The van der Waals surface area contributed by atoms with Crippen molar-refractivity contribution in [3.63, 3.8) is 0 Å². The number of piperidine rings is 1. The van der Waals surface area contributed by atoms with Crippen LogP contribution in [0.3, 0.4) is 0 Å². The SMILES string of the molecule is CCCCn1c(=O)[nH]c(=O)c2c1nc(CN1CCC(n3cccc3C(=O)OC)CC1)n2CC. The summed E-state index contributed by atoms with van der Waals surface area (Å²) in [5.41, 5.74) is 0.729. The van der Waals surface area contributed by atoms with Crippen LogP contribution in [0, 0.1) is 0 Å². The maximum absolute atomic E-state index is 12.6. The van der Waals surface area contributed by atoms with Gasteiger partial charge in [0.05, 0.1) is 13.7 Å². The number of ether oxygens (including phenoxy) is 1. The zero-order valence-corrected chi connectivity index (χ0v) is 19.5. The Morgan fingerprint density at radius 1 is 1.21 bits per heavy atom. The summed E-state index contributed by atoms with van der Waals surface area (Å²) in [7, 11) is 1.40. The van der Waals surface area contributed by atoms with E-state index in [4.69, 9.17) is 9.72 Å². The number of carbonyl (C=O) groups excluding carboxylic acids is 1. The van der Waals surface area contributed by atoms with Crippen LogP contribution in [-0.2, 0) is 24.4 Å². The molecule has 178 valence electrons. The molecule has 10 nitrogen and oxygen atoms in total. The zero-order chi connectivity index (χ0) is 23.5. The van der Waals surface area contributed by atoms with Crippen molar-refractivity contribution in [2.24, 2.45) is 0 Å². The van der Waals surface area contributed by atoms with Gasteiger partial charge in [0.1, 0.15) is 11.5 Å². The second-order valence-corrected chi connectivity index (χ2v) is 8.51. The lowest BCUT2D eigenvalue weighted by molar-refractivity contribution is 0.0581. The van der Waals surface area contributed by atoms with Crippen molar-refractivity contribution < 1.29 is 9.53 Å². The van der Waals surface area contributed by atoms with E-state index in [1.54, 1.807) is 10.6 Å². The van der Waals surface area contributed by atoms with Gasteiger partial charge in [-0.15, -0.1) is 0 Å². The summed E-state index contributed by atoms with van der Waals surface area (Å²) in [6.45, 7) is 7.47. The first-order chi connectivity index (χ1) is 16.0. The Bertz CT molecular complexity index is 1240. The maximum Gasteiger partial charge on any atom is 0.354 e. The topological polar surface area (TPSA) is 107 Å². The van der Waals surface area contributed by atoms with Crippen LogP contribution >= 0.6 is 0 Å². The number of fused-ring (bicyclic) bond motifs is 1. The van der Waals surface area contributed by atoms with Crippen molar-refractivity contribution in [3.8, 4) is 0 Å². The van der Waals surface area contributed by atoms with E-state index < -0.39 is 5.69 Å². The highest BCUT2D eigenvalue weighted by Crippen LogP contribution is 2.26. The van der Waals surface area contributed by atoms with Crippen LogP contribution in [0.1, 0.15) is 61.9 Å². The lowest BCUT2D eigenvalue weighted by atomic mass is 10.0. The smallest absolute Gasteiger partial charge is 0.354 e. The van der Waals surface area contributed by atoms with Crippen LogP contribution < -0.4 is 11.2 Å². The Kier molecular flexibility index (Phi) is 6.83. The number of carbonyl (C=O) groups is 1. The summed E-state index contributed by atoms with van der Waals surface area (Å²) in [4.78, 5) is 46.6. The van der Waals surface area contributed by atoms with Crippen LogP contribution in [0.5, 0.6) is 0 Å². The van der Waals surface area contributed by atoms with Crippen molar-refractivity contribution in [3.05, 3.63) is 50.7 Å². The molecule has 0 saturated carbocycles. The molecular weight excluding hydrogens is 424 g/mol. The largest absolute Gasteiger partial charge is 0.464 e. The molecule has 33 heavy (non-hydrogen) atoms. The molecular formula is C23H32N6O4. The van der Waals surface area contributed by atoms with Crippen molar-refractivity contribution in [1.82, 2.24) is 28.6 Å². The quantitative estimate of drug-likeness (QED) is 0.521. The van der Waals surface area contributed by atoms with Crippen molar-refractivity contribution in [2.45, 2.75) is 65.2 Å². The molecule has 0 atom stereocenters. The van der Waals surface area contributed by atoms with Gasteiger partial charge in [-0.25, -0.2) is 14.6 Å². The molecule has 1 N–H and O–H groups in total. The Morgan fingerprint density at radius 3 is 2.64 bits per heavy atom. The minimum atomic E-state index is -0.401. The average molecular weight is 457 g/mol. The minimum absolute atomic E-state index is 0.234. The number of aryl methyl sites for hydroxylation is 2. The molecule has 1 aliphatic rings. The number of esters is 1. The fraction of sp³-hybridized carbons (Fsp3) is 0.565. The molecule has 0 bridgehead atoms. The van der Waals surface area contributed by atoms with E-state index in [1.165, 1.54) is 7.11 Å². The number of methoxy groups -OCH3 is 1. The molecule has 0 spiro atoms. The van der Waals surface area contributed by atoms with Crippen molar-refractivity contribution >= 4 is 17.1 Å². The van der Waals surface area contributed by atoms with Crippen LogP contribution in [-0.4, -0.2) is 54.7 Å². The number of nitrogens with one attached hydrogen (secondary N) is 1. The molecule has 1 saturated heterocycles. The number of H-pyrrole nitrogens is 1. The first-order valence-electron chi connectivity index (χ1n) is 11.7. The van der Waals surface area contributed by atoms with E-state index in [0.717, 1.165) is 44.6 Å². The Morgan fingerprint density at radius 2 is 1.97 bits per heavy atom. The fourth-order valence-electron chi connectivity index (χ4n) is 4.75. The first kappa shape index (κ1) is 23.0. The molecule has 1 fully saturated rings. The van der Waals surface area contributed by atoms with E-state index in [2.05, 4.69) is 16.8 Å². The van der Waals surface area contributed by atoms with Gasteiger partial charge in [-0.1, -0.05) is 13.3 Å². The number of rotatable bonds is 8. The van der Waals surface area contributed by atoms with Crippen LogP contribution in [0.2, 0.25) is 0 Å². The predicted octanol–water partition coefficient (Wildman–Crippen LogP) is 2.13. The summed E-state index contributed by atoms with van der Waals surface area (Å²) in [6, 6.07) is 3.90. The van der Waals surface area contributed by atoms with E-state index >= 15 is 0 Å². The third kappa shape index (κ3) is 4.39. The number of aromatic nitrogens is 5. The van der Waals surface area contributed by atoms with Gasteiger partial charge >= 0.3 is 11.7 Å². The summed E-state index contributed by atoms with van der Waals surface area (Å²) in [5.74, 6) is 0.474. The lowest BCUT2D eigenvalue weighted by Gasteiger charge is -2.33. The van der Waals surface area contributed by atoms with Gasteiger partial charge in [0.15, 0.2) is 11.2 Å². The molecule has 4 rings (SSSR count). The molecule has 4 heterocycles. The number of hydrogen-bond donors (Lipinski definition) is 1. The molecule has 0 aromatic carbocycles. The number of unbranched alkanes of at least 4 members (excludes halogenated alkanes) is 1. The summed E-state index contributed by atoms with van der Waals surface area (Å²) in [6.07, 6.45) is 5.52. The monoisotopic (exact) mass is 456 g/mol. The summed E-state index contributed by atoms with van der Waals surface area (Å²) >= 11 is 0. The molecule has 0 unspecified atom stereocenters. The normalized spacial score (nSPS) is 15.4. The van der Waals surface area contributed by atoms with E-state index in [1.807, 2.05) is 28.3 Å². The van der Waals surface area contributed by atoms with Gasteiger partial charge in [0.25, 0.3) is 5.56 Å². The zero-order valence-electron chi connectivity index (χ0n) is 19.5.